The van der Waals surface area contributed by atoms with Gasteiger partial charge in [-0.2, -0.15) is 0 Å². The van der Waals surface area contributed by atoms with Crippen LogP contribution >= 0.6 is 23.2 Å². The molecule has 3 rings (SSSR count). The zero-order chi connectivity index (χ0) is 19.0. The summed E-state index contributed by atoms with van der Waals surface area (Å²) in [5.74, 6) is -1.29. The summed E-state index contributed by atoms with van der Waals surface area (Å²) in [6, 6.07) is 9.01. The van der Waals surface area contributed by atoms with E-state index in [-0.39, 0.29) is 21.8 Å². The van der Waals surface area contributed by atoms with Crippen LogP contribution in [-0.4, -0.2) is 30.2 Å². The molecule has 132 valence electrons. The zero-order valence-corrected chi connectivity index (χ0v) is 14.8. The second kappa shape index (κ2) is 6.82. The molecular weight excluding hydrogens is 381 g/mol. The number of rotatable bonds is 2. The first-order chi connectivity index (χ1) is 12.3. The van der Waals surface area contributed by atoms with Crippen molar-refractivity contribution in [3.05, 3.63) is 63.1 Å². The van der Waals surface area contributed by atoms with Crippen LogP contribution in [0, 0.1) is 0 Å². The molecule has 0 atom stereocenters. The van der Waals surface area contributed by atoms with Gasteiger partial charge in [0.15, 0.2) is 0 Å². The normalized spacial score (nSPS) is 14.5. The lowest BCUT2D eigenvalue weighted by Gasteiger charge is -2.09. The molecule has 0 radical (unpaired) electrons. The molecule has 0 saturated carbocycles. The number of carbonyl (C=O) groups excluding carboxylic acids is 2. The van der Waals surface area contributed by atoms with Gasteiger partial charge < -0.3 is 9.84 Å². The van der Waals surface area contributed by atoms with Crippen LogP contribution in [0.15, 0.2) is 36.4 Å². The number of hydrogen-bond donors (Lipinski definition) is 1. The van der Waals surface area contributed by atoms with Gasteiger partial charge in [0.1, 0.15) is 0 Å². The van der Waals surface area contributed by atoms with E-state index in [2.05, 4.69) is 4.74 Å². The van der Waals surface area contributed by atoms with Crippen LogP contribution in [-0.2, 0) is 9.53 Å². The van der Waals surface area contributed by atoms with Gasteiger partial charge >= 0.3 is 12.1 Å². The van der Waals surface area contributed by atoms with E-state index in [0.717, 1.165) is 0 Å². The summed E-state index contributed by atoms with van der Waals surface area (Å²) in [4.78, 5) is 36.4. The molecule has 2 amide bonds. The largest absolute Gasteiger partial charge is 0.465 e. The van der Waals surface area contributed by atoms with E-state index in [4.69, 9.17) is 23.2 Å². The minimum absolute atomic E-state index is 0.150. The van der Waals surface area contributed by atoms with Gasteiger partial charge in [0, 0.05) is 15.6 Å². The van der Waals surface area contributed by atoms with E-state index in [1.807, 2.05) is 0 Å². The van der Waals surface area contributed by atoms with E-state index in [1.165, 1.54) is 31.4 Å². The summed E-state index contributed by atoms with van der Waals surface area (Å²) in [7, 11) is 1.24. The molecule has 2 aromatic rings. The number of benzene rings is 2. The van der Waals surface area contributed by atoms with Crippen molar-refractivity contribution in [1.82, 2.24) is 0 Å². The molecule has 1 aliphatic rings. The Morgan fingerprint density at radius 1 is 1.12 bits per heavy atom. The first-order valence-electron chi connectivity index (χ1n) is 7.29. The minimum Gasteiger partial charge on any atom is -0.465 e. The van der Waals surface area contributed by atoms with Crippen LogP contribution < -0.4 is 4.90 Å². The molecule has 6 nitrogen and oxygen atoms in total. The second-order valence-corrected chi connectivity index (χ2v) is 6.28. The number of nitrogens with zero attached hydrogens (tertiary/aromatic N) is 1. The fourth-order valence-corrected chi connectivity index (χ4v) is 3.10. The van der Waals surface area contributed by atoms with Crippen LogP contribution in [0.25, 0.3) is 11.6 Å². The van der Waals surface area contributed by atoms with Gasteiger partial charge in [-0.05, 0) is 42.0 Å². The third kappa shape index (κ3) is 3.16. The highest BCUT2D eigenvalue weighted by molar-refractivity contribution is 6.42. The number of halogens is 2. The van der Waals surface area contributed by atoms with Crippen LogP contribution in [0.4, 0.5) is 10.5 Å². The molecule has 2 aromatic carbocycles. The van der Waals surface area contributed by atoms with E-state index < -0.39 is 18.0 Å². The molecule has 0 unspecified atom stereocenters. The molecule has 0 saturated heterocycles. The van der Waals surface area contributed by atoms with Crippen LogP contribution in [0.3, 0.4) is 0 Å². The number of amides is 2. The van der Waals surface area contributed by atoms with Gasteiger partial charge in [0.25, 0.3) is 5.91 Å². The topological polar surface area (TPSA) is 83.9 Å². The number of fused-ring (bicyclic) bond motifs is 1. The average molecular weight is 392 g/mol. The lowest BCUT2D eigenvalue weighted by Crippen LogP contribution is -2.31. The molecule has 0 aliphatic carbocycles. The Labute approximate surface area is 158 Å². The molecule has 1 heterocycles. The maximum atomic E-state index is 12.6. The van der Waals surface area contributed by atoms with Crippen molar-refractivity contribution >= 4 is 58.5 Å². The van der Waals surface area contributed by atoms with Gasteiger partial charge in [-0.1, -0.05) is 29.3 Å². The van der Waals surface area contributed by atoms with Crippen molar-refractivity contribution in [2.45, 2.75) is 0 Å². The van der Waals surface area contributed by atoms with E-state index in [1.54, 1.807) is 18.2 Å². The fraction of sp³-hybridized carbons (Fsp3) is 0.0556. The molecule has 26 heavy (non-hydrogen) atoms. The summed E-state index contributed by atoms with van der Waals surface area (Å²) in [6.45, 7) is 0. The molecule has 8 heteroatoms. The maximum Gasteiger partial charge on any atom is 0.419 e. The molecule has 0 aromatic heterocycles. The monoisotopic (exact) mass is 391 g/mol. The maximum absolute atomic E-state index is 12.6. The molecular formula is C18H11Cl2NO5. The van der Waals surface area contributed by atoms with Crippen molar-refractivity contribution < 1.29 is 24.2 Å². The van der Waals surface area contributed by atoms with Crippen molar-refractivity contribution in [1.29, 1.82) is 0 Å². The number of carboxylic acid groups (broad SMARTS) is 1. The van der Waals surface area contributed by atoms with Crippen LogP contribution in [0.1, 0.15) is 21.5 Å². The molecule has 0 spiro atoms. The Balaban J connectivity index is 2.15. The number of esters is 1. The summed E-state index contributed by atoms with van der Waals surface area (Å²) >= 11 is 12.0. The summed E-state index contributed by atoms with van der Waals surface area (Å²) in [5, 5.41) is 9.93. The quantitative estimate of drug-likeness (QED) is 0.607. The zero-order valence-electron chi connectivity index (χ0n) is 13.3. The minimum atomic E-state index is -1.41. The van der Waals surface area contributed by atoms with E-state index >= 15 is 0 Å². The lowest BCUT2D eigenvalue weighted by atomic mass is 10.0. The number of imide groups is 1. The Morgan fingerprint density at radius 2 is 1.85 bits per heavy atom. The fourth-order valence-electron chi connectivity index (χ4n) is 2.69. The van der Waals surface area contributed by atoms with Gasteiger partial charge in [-0.3, -0.25) is 4.79 Å². The van der Waals surface area contributed by atoms with E-state index in [9.17, 15) is 19.5 Å². The summed E-state index contributed by atoms with van der Waals surface area (Å²) in [5.41, 5.74) is 1.41. The number of carbonyl (C=O) groups is 3. The molecule has 1 N–H and O–H groups in total. The SMILES string of the molecule is COC(=O)c1cc(Cl)cc(C=C2C(=O)N(C(=O)O)c3cc(Cl)ccc32)c1. The lowest BCUT2D eigenvalue weighted by molar-refractivity contribution is -0.112. The standard InChI is InChI=1S/C18H11Cl2NO5/c1-26-17(23)10-4-9(5-12(20)7-10)6-14-13-3-2-11(19)8-15(13)21(16(14)22)18(24)25/h2-8H,1H3,(H,24,25). The van der Waals surface area contributed by atoms with Gasteiger partial charge in [0.05, 0.1) is 23.9 Å². The highest BCUT2D eigenvalue weighted by atomic mass is 35.5. The summed E-state index contributed by atoms with van der Waals surface area (Å²) < 4.78 is 4.67. The third-order valence-corrected chi connectivity index (χ3v) is 4.22. The van der Waals surface area contributed by atoms with Gasteiger partial charge in [-0.15, -0.1) is 0 Å². The van der Waals surface area contributed by atoms with Gasteiger partial charge in [0.2, 0.25) is 0 Å². The highest BCUT2D eigenvalue weighted by Crippen LogP contribution is 2.39. The van der Waals surface area contributed by atoms with Crippen molar-refractivity contribution in [3.8, 4) is 0 Å². The Kier molecular flexibility index (Phi) is 4.71. The average Bonchev–Trinajstić information content (AvgIpc) is 2.84. The van der Waals surface area contributed by atoms with E-state index in [0.29, 0.717) is 21.0 Å². The number of hydrogen-bond acceptors (Lipinski definition) is 4. The Bertz CT molecular complexity index is 984. The summed E-state index contributed by atoms with van der Waals surface area (Å²) in [6.07, 6.45) is 0.0549. The number of ether oxygens (including phenoxy) is 1. The number of methoxy groups -OCH3 is 1. The van der Waals surface area contributed by atoms with Crippen LogP contribution in [0.5, 0.6) is 0 Å². The van der Waals surface area contributed by atoms with Crippen molar-refractivity contribution in [2.75, 3.05) is 12.0 Å². The van der Waals surface area contributed by atoms with Crippen molar-refractivity contribution in [3.63, 3.8) is 0 Å². The van der Waals surface area contributed by atoms with Gasteiger partial charge in [-0.25, -0.2) is 14.5 Å². The third-order valence-electron chi connectivity index (χ3n) is 3.77. The molecule has 1 aliphatic heterocycles. The molecule has 0 bridgehead atoms. The Hall–Kier alpha value is -2.83. The smallest absolute Gasteiger partial charge is 0.419 e. The second-order valence-electron chi connectivity index (χ2n) is 5.41. The molecule has 0 fully saturated rings. The predicted octanol–water partition coefficient (Wildman–Crippen LogP) is 4.35. The highest BCUT2D eigenvalue weighted by Gasteiger charge is 2.36. The Morgan fingerprint density at radius 3 is 2.50 bits per heavy atom. The first-order valence-corrected chi connectivity index (χ1v) is 8.05. The van der Waals surface area contributed by atoms with Crippen LogP contribution in [0.2, 0.25) is 10.0 Å². The van der Waals surface area contributed by atoms with Crippen molar-refractivity contribution in [2.24, 2.45) is 0 Å². The first kappa shape index (κ1) is 18.0. The number of anilines is 1. The predicted molar refractivity (Wildman–Crippen MR) is 97.6 cm³/mol.